The minimum absolute atomic E-state index is 0.00171. The third kappa shape index (κ3) is 42.5. The van der Waals surface area contributed by atoms with Crippen LogP contribution in [0.2, 0.25) is 0 Å². The lowest BCUT2D eigenvalue weighted by atomic mass is 9.97. The molecule has 1 heterocycles. The van der Waals surface area contributed by atoms with Crippen LogP contribution in [-0.4, -0.2) is 238 Å². The highest BCUT2D eigenvalue weighted by atomic mass is 16.2. The van der Waals surface area contributed by atoms with Gasteiger partial charge in [0, 0.05) is 12.8 Å². The zero-order valence-corrected chi connectivity index (χ0v) is 79.4. The summed E-state index contributed by atoms with van der Waals surface area (Å²) < 4.78 is 0.626. The van der Waals surface area contributed by atoms with E-state index in [2.05, 4.69) is 79.4 Å². The lowest BCUT2D eigenvalue weighted by Gasteiger charge is -2.29. The minimum Gasteiger partial charge on any atom is -0.663 e. The number of unbranched alkanes of at least 4 members (excludes halogenated alkanes) is 5. The average molecular weight is 1810 g/mol. The number of rotatable bonds is 64. The summed E-state index contributed by atoms with van der Waals surface area (Å²) in [4.78, 5) is 218. The molecular weight excluding hydrogens is 1650 g/mol. The number of primary amides is 1. The van der Waals surface area contributed by atoms with Crippen LogP contribution in [0.4, 0.5) is 0 Å². The number of benzene rings is 2. The van der Waals surface area contributed by atoms with E-state index in [4.69, 9.17) is 34.4 Å². The Morgan fingerprint density at radius 2 is 0.721 bits per heavy atom. The summed E-state index contributed by atoms with van der Waals surface area (Å²) in [5.74, 6) is -13.1. The van der Waals surface area contributed by atoms with E-state index in [0.29, 0.717) is 111 Å². The number of aromatic nitrogens is 1. The molecule has 0 aliphatic carbocycles. The van der Waals surface area contributed by atoms with E-state index in [1.165, 1.54) is 6.92 Å². The van der Waals surface area contributed by atoms with Gasteiger partial charge in [-0.1, -0.05) is 156 Å². The second-order valence-corrected chi connectivity index (χ2v) is 37.1. The molecule has 1 aromatic heterocycles. The van der Waals surface area contributed by atoms with Gasteiger partial charge in [-0.25, -0.2) is 0 Å². The molecule has 15 atom stereocenters. The summed E-state index contributed by atoms with van der Waals surface area (Å²) in [6, 6.07) is -1.03. The maximum absolute atomic E-state index is 15.1. The average Bonchev–Trinajstić information content (AvgIpc) is 1.73. The minimum atomic E-state index is -1.39. The van der Waals surface area contributed by atoms with Crippen molar-refractivity contribution in [1.29, 1.82) is 0 Å². The molecule has 37 heteroatoms. The van der Waals surface area contributed by atoms with E-state index < -0.39 is 197 Å². The Hall–Kier alpha value is -10.2. The van der Waals surface area contributed by atoms with Gasteiger partial charge in [-0.15, -0.1) is 5.52 Å². The largest absolute Gasteiger partial charge is 0.663 e. The highest BCUT2D eigenvalue weighted by Crippen LogP contribution is 2.22. The van der Waals surface area contributed by atoms with Gasteiger partial charge >= 0.3 is 0 Å². The van der Waals surface area contributed by atoms with Crippen LogP contribution in [0.3, 0.4) is 0 Å². The fourth-order valence-corrected chi connectivity index (χ4v) is 14.6. The van der Waals surface area contributed by atoms with Gasteiger partial charge in [0.1, 0.15) is 78.5 Å². The van der Waals surface area contributed by atoms with Crippen molar-refractivity contribution in [2.24, 2.45) is 69.9 Å². The van der Waals surface area contributed by atoms with E-state index in [0.717, 1.165) is 11.9 Å². The summed E-state index contributed by atoms with van der Waals surface area (Å²) in [7, 11) is 6.10. The second-order valence-electron chi connectivity index (χ2n) is 37.1. The molecule has 0 saturated heterocycles. The van der Waals surface area contributed by atoms with Gasteiger partial charge in [0.2, 0.25) is 88.6 Å². The molecule has 0 aliphatic rings. The van der Waals surface area contributed by atoms with Gasteiger partial charge in [-0.05, 0) is 189 Å². The summed E-state index contributed by atoms with van der Waals surface area (Å²) >= 11 is 0. The number of nitrogens with zero attached hydrogens (tertiary/aromatic N) is 2. The Kier molecular flexibility index (Phi) is 51.8. The van der Waals surface area contributed by atoms with Crippen molar-refractivity contribution in [3.05, 3.63) is 71.9 Å². The summed E-state index contributed by atoms with van der Waals surface area (Å²) in [5, 5.41) is 39.4. The molecule has 37 nitrogen and oxygen atoms in total. The van der Waals surface area contributed by atoms with Crippen molar-refractivity contribution in [3.8, 4) is 0 Å². The molecule has 0 radical (unpaired) electrons. The van der Waals surface area contributed by atoms with Gasteiger partial charge in [0.25, 0.3) is 0 Å². The fourth-order valence-electron chi connectivity index (χ4n) is 14.6. The molecule has 0 unspecified atom stereocenters. The first-order valence-electron chi connectivity index (χ1n) is 46.3. The van der Waals surface area contributed by atoms with Crippen molar-refractivity contribution in [1.82, 2.24) is 79.4 Å². The zero-order chi connectivity index (χ0) is 96.8. The molecule has 3 aromatic rings. The molecule has 0 aliphatic heterocycles. The number of amides is 15. The van der Waals surface area contributed by atoms with Crippen LogP contribution in [0.1, 0.15) is 223 Å². The van der Waals surface area contributed by atoms with Gasteiger partial charge in [0.15, 0.2) is 0 Å². The van der Waals surface area contributed by atoms with E-state index in [9.17, 15) is 57.5 Å². The molecule has 726 valence electrons. The lowest BCUT2D eigenvalue weighted by Crippen LogP contribution is -2.61. The monoisotopic (exact) mass is 1810 g/mol. The molecule has 2 aromatic carbocycles. The molecule has 26 N–H and O–H groups in total. The van der Waals surface area contributed by atoms with Crippen molar-refractivity contribution in [3.63, 3.8) is 0 Å². The molecule has 0 fully saturated rings. The van der Waals surface area contributed by atoms with Crippen molar-refractivity contribution in [2.45, 2.75) is 309 Å². The molecule has 0 spiro atoms. The number of fused-ring (bicyclic) bond motifs is 1. The highest BCUT2D eigenvalue weighted by Gasteiger charge is 2.39. The van der Waals surface area contributed by atoms with E-state index in [1.807, 2.05) is 87.0 Å². The zero-order valence-electron chi connectivity index (χ0n) is 79.4. The molecule has 15 amide bonds. The van der Waals surface area contributed by atoms with Gasteiger partial charge in [-0.3, -0.25) is 71.9 Å². The van der Waals surface area contributed by atoms with Gasteiger partial charge in [0.05, 0.1) is 40.3 Å². The van der Waals surface area contributed by atoms with Crippen LogP contribution in [0, 0.1) is 35.5 Å². The molecular formula is C92H158N22O15. The number of hydrogen-bond acceptors (Lipinski definition) is 20. The van der Waals surface area contributed by atoms with E-state index in [-0.39, 0.29) is 88.6 Å². The third-order valence-electron chi connectivity index (χ3n) is 22.4. The van der Waals surface area contributed by atoms with Crippen molar-refractivity contribution >= 4 is 99.5 Å². The Labute approximate surface area is 763 Å². The highest BCUT2D eigenvalue weighted by molar-refractivity contribution is 6.01. The third-order valence-corrected chi connectivity index (χ3v) is 22.4. The smallest absolute Gasteiger partial charge is 0.243 e. The lowest BCUT2D eigenvalue weighted by molar-refractivity contribution is -0.870. The number of nitrogens with one attached hydrogen (secondary N) is 14. The maximum atomic E-state index is 15.1. The molecule has 3 rings (SSSR count). The molecule has 0 bridgehead atoms. The van der Waals surface area contributed by atoms with Gasteiger partial charge in [-0.2, -0.15) is 6.20 Å². The maximum Gasteiger partial charge on any atom is 0.243 e. The predicted octanol–water partition coefficient (Wildman–Crippen LogP) is 0.722. The van der Waals surface area contributed by atoms with Crippen LogP contribution in [-0.2, 0) is 84.8 Å². The Morgan fingerprint density at radius 1 is 0.364 bits per heavy atom. The van der Waals surface area contributed by atoms with Crippen LogP contribution < -0.4 is 114 Å². The van der Waals surface area contributed by atoms with Gasteiger partial charge < -0.3 is 118 Å². The first-order valence-corrected chi connectivity index (χ1v) is 46.3. The van der Waals surface area contributed by atoms with Crippen LogP contribution in [0.25, 0.3) is 10.9 Å². The molecule has 129 heavy (non-hydrogen) atoms. The predicted molar refractivity (Wildman–Crippen MR) is 498 cm³/mol. The van der Waals surface area contributed by atoms with Crippen LogP contribution >= 0.6 is 0 Å². The van der Waals surface area contributed by atoms with E-state index in [1.54, 1.807) is 78.1 Å². The quantitative estimate of drug-likeness (QED) is 0.0273. The Bertz CT molecular complexity index is 4020. The number of quaternary nitrogens is 1. The fraction of sp³-hybridized carbons (Fsp3) is 0.685. The number of hydrogen-bond donors (Lipinski definition) is 20. The van der Waals surface area contributed by atoms with Crippen LogP contribution in [0.5, 0.6) is 0 Å². The number of carbonyl (C=O) groups excluding carboxylic acids is 15. The standard InChI is InChI=1S/C92H158N22O15/c1-17-59(12)78(90(127)100-53-75(115)101-60(13)80(117)111-76(57(8)9)92(129)110-72(49-56(6)7)86(123)105-68(39-25-30-44-95)84(121)112-77(58(10)11)91(128)106-70(79(98)116)47-54(2)3)113-85(122)69(40-26-31-45-96)102-82(119)66(38-24-29-43-94)103-88(125)73(50-61-33-19-18-20-34-61)109-87(124)71(48-55(4)5)108-83(120)67(41-27-32-46-114(14,15)16)104-89(126)74(107-81(118)64(97)36-23-28-42-93)51-62-52-99-65-37-22-21-35-63(62)65/h18-22,33-35,37,52,54-60,64,66-74,76-78H,17,23-32,36,38-51,53,93-97H2,1-16H3,(H2,98,116)(H,100,127)(H,101,115)(H,102,119)(H,103,125)(H,104,126)(H,105,123)(H,106,128)(H,107,118)(H,108,120)(H,109,124)(H,110,129)(H,111,117)(H,112,121)(H,113,122)/t59-,60-,64-,66-,67-,68-,69-,70-,71-,72-,73-,74-,76-,77-,78-/m0/s1. The second kappa shape index (κ2) is 59.2. The van der Waals surface area contributed by atoms with Crippen LogP contribution in [0.15, 0.2) is 60.8 Å². The normalized spacial score (nSPS) is 15.1. The number of para-hydroxylation sites is 1. The Balaban J connectivity index is 1.90. The SMILES string of the molecule is CC[C@H](C)[C@H](NC(=O)[C@H](CCCCN)NC(=O)[C@H](CCCCN)NC(=O)[C@H](Cc1ccccc1)NC(=O)[C@H](CC(C)C)NC(=O)[C@H](CCCC[N+](C)(C)C)NC(=O)[C@H](Cc1c[n-]c2ccccc12)NC(=O)[C@@H](N)CCCCN)C(=O)NCC(=O)N[C@@H](C)C(=O)N[C@H](C(=O)N[C@@H](CC(C)C)C(=O)N[C@@H](CCCCN)C(=O)N[C@H](C(=O)N[C@@H](CC(C)C)C(N)=O)C(C)C)C(C)C. The number of nitrogens with two attached hydrogens (primary N) is 6. The molecule has 0 saturated carbocycles. The first-order chi connectivity index (χ1) is 60.9. The topological polar surface area (TPSA) is 595 Å². The first kappa shape index (κ1) is 113. The van der Waals surface area contributed by atoms with Crippen molar-refractivity contribution in [2.75, 3.05) is 60.4 Å². The Morgan fingerprint density at radius 3 is 1.16 bits per heavy atom. The summed E-state index contributed by atoms with van der Waals surface area (Å²) in [6.45, 7) is 23.8. The van der Waals surface area contributed by atoms with E-state index >= 15 is 14.4 Å². The van der Waals surface area contributed by atoms with Crippen molar-refractivity contribution < 1.29 is 76.4 Å². The summed E-state index contributed by atoms with van der Waals surface area (Å²) in [6.07, 6.45) is 7.66. The summed E-state index contributed by atoms with van der Waals surface area (Å²) in [5.41, 5.74) is 37.4. The number of carbonyl (C=O) groups is 15.